The molecule has 5 nitrogen and oxygen atoms in total. The van der Waals surface area contributed by atoms with Gasteiger partial charge in [-0.05, 0) is 68.0 Å². The van der Waals surface area contributed by atoms with E-state index < -0.39 is 6.17 Å². The molecule has 0 unspecified atom stereocenters. The molecule has 0 aliphatic carbocycles. The molecule has 0 saturated carbocycles. The van der Waals surface area contributed by atoms with Crippen LogP contribution in [0.15, 0.2) is 48.5 Å². The summed E-state index contributed by atoms with van der Waals surface area (Å²) in [6, 6.07) is 16.2. The number of halogens is 2. The van der Waals surface area contributed by atoms with Gasteiger partial charge in [0.15, 0.2) is 0 Å². The lowest BCUT2D eigenvalue weighted by molar-refractivity contribution is -0.136. The van der Waals surface area contributed by atoms with Gasteiger partial charge in [-0.1, -0.05) is 48.0 Å². The first-order chi connectivity index (χ1) is 16.9. The number of fused-ring (bicyclic) bond motifs is 2. The van der Waals surface area contributed by atoms with E-state index in [0.29, 0.717) is 31.0 Å². The number of hydrogen-bond acceptors (Lipinski definition) is 4. The van der Waals surface area contributed by atoms with E-state index in [1.165, 1.54) is 11.1 Å². The molecular formula is C28H36ClFN4O. The Balaban J connectivity index is 1.29. The predicted molar refractivity (Wildman–Crippen MR) is 139 cm³/mol. The molecule has 2 fully saturated rings. The smallest absolute Gasteiger partial charge is 0.240 e. The molecule has 2 aromatic carbocycles. The standard InChI is InChI=1S/C28H36ClFN4O/c1-33-13-10-21-4-2-3-5-25(21)28(33)11-14-34(15-12-28)27(35)26(16-20-6-8-22(29)9-7-20)32-19-24-17-23(30)18-31-24/h2-9,23-24,26,31-32H,10-19H2,1H3/t23-,24-,26+/m0/s1. The Kier molecular flexibility index (Phi) is 7.44. The average Bonchev–Trinajstić information content (AvgIpc) is 3.30. The summed E-state index contributed by atoms with van der Waals surface area (Å²) in [5.74, 6) is 0.136. The summed E-state index contributed by atoms with van der Waals surface area (Å²) in [6.45, 7) is 3.51. The van der Waals surface area contributed by atoms with Crippen molar-refractivity contribution in [3.05, 3.63) is 70.2 Å². The summed E-state index contributed by atoms with van der Waals surface area (Å²) in [7, 11) is 2.23. The molecule has 5 rings (SSSR count). The predicted octanol–water partition coefficient (Wildman–Crippen LogP) is 3.55. The molecule has 188 valence electrons. The van der Waals surface area contributed by atoms with Gasteiger partial charge in [-0.3, -0.25) is 9.69 Å². The minimum absolute atomic E-state index is 0.00856. The van der Waals surface area contributed by atoms with Crippen LogP contribution in [0, 0.1) is 0 Å². The molecule has 3 aliphatic heterocycles. The molecule has 0 radical (unpaired) electrons. The third-order valence-electron chi connectivity index (χ3n) is 8.30. The van der Waals surface area contributed by atoms with Gasteiger partial charge in [-0.25, -0.2) is 4.39 Å². The maximum atomic E-state index is 13.8. The first kappa shape index (κ1) is 24.7. The van der Waals surface area contributed by atoms with Crippen LogP contribution in [-0.4, -0.2) is 73.7 Å². The van der Waals surface area contributed by atoms with Crippen molar-refractivity contribution < 1.29 is 9.18 Å². The topological polar surface area (TPSA) is 47.6 Å². The van der Waals surface area contributed by atoms with Crippen molar-refractivity contribution >= 4 is 17.5 Å². The van der Waals surface area contributed by atoms with Crippen LogP contribution in [0.5, 0.6) is 0 Å². The summed E-state index contributed by atoms with van der Waals surface area (Å²) in [4.78, 5) is 18.3. The summed E-state index contributed by atoms with van der Waals surface area (Å²) in [5.41, 5.74) is 3.96. The van der Waals surface area contributed by atoms with Crippen LogP contribution in [0.1, 0.15) is 36.0 Å². The maximum absolute atomic E-state index is 13.8. The third-order valence-corrected chi connectivity index (χ3v) is 8.55. The summed E-state index contributed by atoms with van der Waals surface area (Å²) in [5, 5.41) is 7.38. The summed E-state index contributed by atoms with van der Waals surface area (Å²) in [6.07, 6.45) is 3.24. The van der Waals surface area contributed by atoms with E-state index in [4.69, 9.17) is 11.6 Å². The molecule has 7 heteroatoms. The molecular weight excluding hydrogens is 463 g/mol. The first-order valence-electron chi connectivity index (χ1n) is 12.9. The van der Waals surface area contributed by atoms with Crippen molar-refractivity contribution in [3.63, 3.8) is 0 Å². The number of likely N-dealkylation sites (tertiary alicyclic amines) is 1. The normalized spacial score (nSPS) is 24.9. The van der Waals surface area contributed by atoms with E-state index >= 15 is 0 Å². The first-order valence-corrected chi connectivity index (χ1v) is 13.3. The van der Waals surface area contributed by atoms with Crippen molar-refractivity contribution in [2.24, 2.45) is 0 Å². The third kappa shape index (κ3) is 5.26. The lowest BCUT2D eigenvalue weighted by Crippen LogP contribution is -2.58. The van der Waals surface area contributed by atoms with E-state index in [0.717, 1.165) is 44.5 Å². The lowest BCUT2D eigenvalue weighted by atomic mass is 9.74. The molecule has 3 aliphatic rings. The minimum Gasteiger partial charge on any atom is -0.341 e. The Hall–Kier alpha value is -1.99. The fraction of sp³-hybridized carbons (Fsp3) is 0.536. The Morgan fingerprint density at radius 1 is 1.17 bits per heavy atom. The SMILES string of the molecule is CN1CCc2ccccc2C12CCN(C(=O)[C@@H](Cc1ccc(Cl)cc1)NC[C@@H]1C[C@H](F)CN1)CC2. The Morgan fingerprint density at radius 2 is 1.91 bits per heavy atom. The van der Waals surface area contributed by atoms with Crippen LogP contribution >= 0.6 is 11.6 Å². The number of carbonyl (C=O) groups excluding carboxylic acids is 1. The van der Waals surface area contributed by atoms with Crippen molar-refractivity contribution in [2.45, 2.75) is 55.9 Å². The quantitative estimate of drug-likeness (QED) is 0.639. The minimum atomic E-state index is -0.805. The fourth-order valence-corrected chi connectivity index (χ4v) is 6.31. The van der Waals surface area contributed by atoms with Crippen molar-refractivity contribution in [2.75, 3.05) is 39.8 Å². The number of amides is 1. The molecule has 0 bridgehead atoms. The molecule has 3 heterocycles. The molecule has 2 aromatic rings. The van der Waals surface area contributed by atoms with Crippen LogP contribution in [0.2, 0.25) is 5.02 Å². The van der Waals surface area contributed by atoms with Gasteiger partial charge in [0.05, 0.1) is 6.04 Å². The van der Waals surface area contributed by atoms with Gasteiger partial charge in [-0.15, -0.1) is 0 Å². The second kappa shape index (κ2) is 10.6. The number of piperidine rings is 1. The number of rotatable bonds is 6. The molecule has 3 atom stereocenters. The van der Waals surface area contributed by atoms with E-state index in [2.05, 4.69) is 46.8 Å². The zero-order valence-electron chi connectivity index (χ0n) is 20.5. The Morgan fingerprint density at radius 3 is 2.63 bits per heavy atom. The van der Waals surface area contributed by atoms with Crippen LogP contribution in [0.4, 0.5) is 4.39 Å². The van der Waals surface area contributed by atoms with Gasteiger partial charge in [0.2, 0.25) is 5.91 Å². The number of alkyl halides is 1. The lowest BCUT2D eigenvalue weighted by Gasteiger charge is -2.51. The van der Waals surface area contributed by atoms with E-state index in [1.54, 1.807) is 0 Å². The second-order valence-electron chi connectivity index (χ2n) is 10.4. The number of carbonyl (C=O) groups is 1. The highest BCUT2D eigenvalue weighted by Crippen LogP contribution is 2.42. The van der Waals surface area contributed by atoms with Gasteiger partial charge in [0, 0.05) is 49.3 Å². The Bertz CT molecular complexity index is 1020. The molecule has 2 saturated heterocycles. The largest absolute Gasteiger partial charge is 0.341 e. The van der Waals surface area contributed by atoms with Crippen LogP contribution in [0.25, 0.3) is 0 Å². The number of nitrogens with zero attached hydrogens (tertiary/aromatic N) is 2. The van der Waals surface area contributed by atoms with Gasteiger partial charge in [0.25, 0.3) is 0 Å². The number of likely N-dealkylation sites (N-methyl/N-ethyl adjacent to an activating group) is 1. The van der Waals surface area contributed by atoms with Crippen LogP contribution < -0.4 is 10.6 Å². The van der Waals surface area contributed by atoms with Crippen molar-refractivity contribution in [1.29, 1.82) is 0 Å². The van der Waals surface area contributed by atoms with Gasteiger partial charge < -0.3 is 15.5 Å². The summed E-state index contributed by atoms with van der Waals surface area (Å²) >= 11 is 6.07. The monoisotopic (exact) mass is 498 g/mol. The molecule has 1 spiro atoms. The van der Waals surface area contributed by atoms with E-state index in [1.807, 2.05) is 29.2 Å². The van der Waals surface area contributed by atoms with Gasteiger partial charge >= 0.3 is 0 Å². The highest BCUT2D eigenvalue weighted by Gasteiger charge is 2.44. The fourth-order valence-electron chi connectivity index (χ4n) is 6.18. The zero-order valence-corrected chi connectivity index (χ0v) is 21.2. The highest BCUT2D eigenvalue weighted by atomic mass is 35.5. The molecule has 1 amide bonds. The zero-order chi connectivity index (χ0) is 24.4. The number of hydrogen-bond donors (Lipinski definition) is 2. The molecule has 0 aromatic heterocycles. The molecule has 35 heavy (non-hydrogen) atoms. The average molecular weight is 499 g/mol. The molecule has 2 N–H and O–H groups in total. The van der Waals surface area contributed by atoms with E-state index in [-0.39, 0.29) is 23.5 Å². The second-order valence-corrected chi connectivity index (χ2v) is 10.9. The van der Waals surface area contributed by atoms with Gasteiger partial charge in [-0.2, -0.15) is 0 Å². The van der Waals surface area contributed by atoms with Gasteiger partial charge in [0.1, 0.15) is 6.17 Å². The van der Waals surface area contributed by atoms with Crippen molar-refractivity contribution in [1.82, 2.24) is 20.4 Å². The van der Waals surface area contributed by atoms with Crippen molar-refractivity contribution in [3.8, 4) is 0 Å². The van der Waals surface area contributed by atoms with Crippen LogP contribution in [0.3, 0.4) is 0 Å². The number of benzene rings is 2. The highest BCUT2D eigenvalue weighted by molar-refractivity contribution is 6.30. The Labute approximate surface area is 213 Å². The summed E-state index contributed by atoms with van der Waals surface area (Å²) < 4.78 is 13.7. The van der Waals surface area contributed by atoms with E-state index in [9.17, 15) is 9.18 Å². The maximum Gasteiger partial charge on any atom is 0.240 e. The van der Waals surface area contributed by atoms with Crippen LogP contribution in [-0.2, 0) is 23.2 Å². The number of nitrogens with one attached hydrogen (secondary N) is 2.